The molecule has 8 heteroatoms. The number of alkyl halides is 5. The average molecular weight is 242 g/mol. The van der Waals surface area contributed by atoms with Crippen LogP contribution in [-0.2, 0) is 12.8 Å². The summed E-state index contributed by atoms with van der Waals surface area (Å²) < 4.78 is 62.2. The number of aromatic nitrogens is 1. The second-order valence-corrected chi connectivity index (χ2v) is 2.91. The first-order valence-electron chi connectivity index (χ1n) is 4.02. The number of halogens is 5. The minimum Gasteiger partial charge on any atom is -0.392 e. The minimum absolute atomic E-state index is 0.363. The molecule has 0 atom stereocenters. The number of hydrogen-bond donors (Lipinski definition) is 2. The lowest BCUT2D eigenvalue weighted by Crippen LogP contribution is -2.16. The predicted molar refractivity (Wildman–Crippen MR) is 44.5 cm³/mol. The molecule has 0 saturated heterocycles. The maximum absolute atomic E-state index is 12.5. The normalized spacial score (nSPS) is 12.2. The summed E-state index contributed by atoms with van der Waals surface area (Å²) in [6.07, 6.45) is -7.99. The molecule has 1 aromatic heterocycles. The molecule has 0 radical (unpaired) electrons. The maximum atomic E-state index is 12.5. The van der Waals surface area contributed by atoms with E-state index >= 15 is 0 Å². The largest absolute Gasteiger partial charge is 0.417 e. The SMILES string of the molecule is Nc1ncc(C(F)F)c(C(F)(F)F)c1CO. The van der Waals surface area contributed by atoms with Crippen molar-refractivity contribution in [2.24, 2.45) is 0 Å². The molecule has 0 amide bonds. The lowest BCUT2D eigenvalue weighted by Gasteiger charge is -2.16. The van der Waals surface area contributed by atoms with Gasteiger partial charge in [-0.3, -0.25) is 0 Å². The summed E-state index contributed by atoms with van der Waals surface area (Å²) in [6.45, 7) is -1.10. The van der Waals surface area contributed by atoms with Crippen molar-refractivity contribution in [2.75, 3.05) is 5.73 Å². The van der Waals surface area contributed by atoms with E-state index in [9.17, 15) is 22.0 Å². The zero-order chi connectivity index (χ0) is 12.5. The van der Waals surface area contributed by atoms with E-state index in [0.717, 1.165) is 0 Å². The first-order valence-corrected chi connectivity index (χ1v) is 4.02. The van der Waals surface area contributed by atoms with Crippen molar-refractivity contribution in [2.45, 2.75) is 19.2 Å². The van der Waals surface area contributed by atoms with Gasteiger partial charge in [0.15, 0.2) is 0 Å². The Morgan fingerprint density at radius 2 is 1.94 bits per heavy atom. The number of nitrogen functional groups attached to an aromatic ring is 1. The van der Waals surface area contributed by atoms with E-state index in [-0.39, 0.29) is 0 Å². The van der Waals surface area contributed by atoms with E-state index in [4.69, 9.17) is 10.8 Å². The van der Waals surface area contributed by atoms with Crippen molar-refractivity contribution >= 4 is 5.82 Å². The number of aliphatic hydroxyl groups is 1. The van der Waals surface area contributed by atoms with Crippen LogP contribution in [0.5, 0.6) is 0 Å². The molecule has 1 rings (SSSR count). The molecule has 3 nitrogen and oxygen atoms in total. The van der Waals surface area contributed by atoms with Crippen molar-refractivity contribution in [3.8, 4) is 0 Å². The molecule has 0 fully saturated rings. The van der Waals surface area contributed by atoms with Gasteiger partial charge in [0.1, 0.15) is 5.82 Å². The summed E-state index contributed by atoms with van der Waals surface area (Å²) >= 11 is 0. The van der Waals surface area contributed by atoms with Crippen LogP contribution in [0, 0.1) is 0 Å². The smallest absolute Gasteiger partial charge is 0.392 e. The average Bonchev–Trinajstić information content (AvgIpc) is 2.15. The zero-order valence-electron chi connectivity index (χ0n) is 7.72. The fourth-order valence-corrected chi connectivity index (χ4v) is 1.24. The molecular formula is C8H7F5N2O. The van der Waals surface area contributed by atoms with Crippen molar-refractivity contribution in [1.29, 1.82) is 0 Å². The number of nitrogens with two attached hydrogens (primary N) is 1. The van der Waals surface area contributed by atoms with Crippen LogP contribution in [0.1, 0.15) is 23.1 Å². The Hall–Kier alpha value is -1.44. The van der Waals surface area contributed by atoms with Crippen LogP contribution in [0.3, 0.4) is 0 Å². The highest BCUT2D eigenvalue weighted by molar-refractivity contribution is 5.49. The quantitative estimate of drug-likeness (QED) is 0.781. The fraction of sp³-hybridized carbons (Fsp3) is 0.375. The Bertz CT molecular complexity index is 391. The van der Waals surface area contributed by atoms with Gasteiger partial charge in [0, 0.05) is 17.3 Å². The highest BCUT2D eigenvalue weighted by Crippen LogP contribution is 2.39. The Labute approximate surface area is 86.7 Å². The van der Waals surface area contributed by atoms with E-state index in [1.165, 1.54) is 0 Å². The van der Waals surface area contributed by atoms with Crippen LogP contribution >= 0.6 is 0 Å². The van der Waals surface area contributed by atoms with Crippen molar-refractivity contribution in [3.05, 3.63) is 22.9 Å². The van der Waals surface area contributed by atoms with Gasteiger partial charge >= 0.3 is 6.18 Å². The summed E-state index contributed by atoms with van der Waals surface area (Å²) in [4.78, 5) is 3.18. The first-order chi connectivity index (χ1) is 7.29. The third kappa shape index (κ3) is 2.21. The van der Waals surface area contributed by atoms with E-state index < -0.39 is 41.7 Å². The summed E-state index contributed by atoms with van der Waals surface area (Å²) in [7, 11) is 0. The molecule has 0 saturated carbocycles. The zero-order valence-corrected chi connectivity index (χ0v) is 7.72. The van der Waals surface area contributed by atoms with E-state index in [2.05, 4.69) is 4.98 Å². The monoisotopic (exact) mass is 242 g/mol. The standard InChI is InChI=1S/C8H7F5N2O/c9-6(10)3-1-15-7(14)4(2-16)5(3)8(11,12)13/h1,6,16H,2H2,(H2,14,15). The Morgan fingerprint density at radius 1 is 1.38 bits per heavy atom. The van der Waals surface area contributed by atoms with Crippen molar-refractivity contribution in [1.82, 2.24) is 4.98 Å². The first kappa shape index (κ1) is 12.6. The molecule has 0 aliphatic rings. The lowest BCUT2D eigenvalue weighted by atomic mass is 10.0. The summed E-state index contributed by atoms with van der Waals surface area (Å²) in [5.41, 5.74) is 1.35. The van der Waals surface area contributed by atoms with Crippen LogP contribution in [0.25, 0.3) is 0 Å². The van der Waals surface area contributed by atoms with Crippen LogP contribution in [0.2, 0.25) is 0 Å². The molecule has 3 N–H and O–H groups in total. The number of pyridine rings is 1. The second kappa shape index (κ2) is 4.20. The van der Waals surface area contributed by atoms with Gasteiger partial charge in [0.25, 0.3) is 6.43 Å². The molecular weight excluding hydrogens is 235 g/mol. The molecule has 0 aliphatic carbocycles. The molecule has 0 aliphatic heterocycles. The predicted octanol–water partition coefficient (Wildman–Crippen LogP) is 2.11. The third-order valence-electron chi connectivity index (χ3n) is 1.92. The Kier molecular flexibility index (Phi) is 3.32. The number of nitrogens with zero attached hydrogens (tertiary/aromatic N) is 1. The van der Waals surface area contributed by atoms with Gasteiger partial charge in [0.05, 0.1) is 12.2 Å². The van der Waals surface area contributed by atoms with E-state index in [0.29, 0.717) is 6.20 Å². The topological polar surface area (TPSA) is 59.1 Å². The highest BCUT2D eigenvalue weighted by atomic mass is 19.4. The second-order valence-electron chi connectivity index (χ2n) is 2.91. The van der Waals surface area contributed by atoms with Crippen molar-refractivity contribution < 1.29 is 27.1 Å². The van der Waals surface area contributed by atoms with Crippen LogP contribution in [0.4, 0.5) is 27.8 Å². The lowest BCUT2D eigenvalue weighted by molar-refractivity contribution is -0.140. The molecule has 1 heterocycles. The molecule has 1 aromatic rings. The number of aliphatic hydroxyl groups excluding tert-OH is 1. The minimum atomic E-state index is -5.01. The van der Waals surface area contributed by atoms with Gasteiger partial charge < -0.3 is 10.8 Å². The number of anilines is 1. The van der Waals surface area contributed by atoms with Crippen LogP contribution < -0.4 is 5.73 Å². The molecule has 16 heavy (non-hydrogen) atoms. The maximum Gasteiger partial charge on any atom is 0.417 e. The molecule has 0 spiro atoms. The van der Waals surface area contributed by atoms with E-state index in [1.54, 1.807) is 0 Å². The summed E-state index contributed by atoms with van der Waals surface area (Å²) in [6, 6.07) is 0. The van der Waals surface area contributed by atoms with Gasteiger partial charge in [0.2, 0.25) is 0 Å². The van der Waals surface area contributed by atoms with Gasteiger partial charge in [-0.1, -0.05) is 0 Å². The summed E-state index contributed by atoms with van der Waals surface area (Å²) in [5, 5.41) is 8.70. The highest BCUT2D eigenvalue weighted by Gasteiger charge is 2.39. The number of hydrogen-bond acceptors (Lipinski definition) is 3. The molecule has 0 bridgehead atoms. The molecule has 90 valence electrons. The van der Waals surface area contributed by atoms with Gasteiger partial charge in [-0.05, 0) is 0 Å². The van der Waals surface area contributed by atoms with Gasteiger partial charge in [-0.15, -0.1) is 0 Å². The molecule has 0 unspecified atom stereocenters. The van der Waals surface area contributed by atoms with Crippen molar-refractivity contribution in [3.63, 3.8) is 0 Å². The van der Waals surface area contributed by atoms with Gasteiger partial charge in [-0.25, -0.2) is 13.8 Å². The number of rotatable bonds is 2. The van der Waals surface area contributed by atoms with Crippen LogP contribution in [-0.4, -0.2) is 10.1 Å². The fourth-order valence-electron chi connectivity index (χ4n) is 1.24. The van der Waals surface area contributed by atoms with Gasteiger partial charge in [-0.2, -0.15) is 13.2 Å². The Balaban J connectivity index is 3.54. The van der Waals surface area contributed by atoms with Crippen LogP contribution in [0.15, 0.2) is 6.20 Å². The third-order valence-corrected chi connectivity index (χ3v) is 1.92. The summed E-state index contributed by atoms with van der Waals surface area (Å²) in [5.74, 6) is -0.612. The Morgan fingerprint density at radius 3 is 2.31 bits per heavy atom. The molecule has 0 aromatic carbocycles. The van der Waals surface area contributed by atoms with E-state index in [1.807, 2.05) is 0 Å².